The van der Waals surface area contributed by atoms with Crippen molar-refractivity contribution < 1.29 is 8.83 Å². The third-order valence-corrected chi connectivity index (χ3v) is 13.3. The van der Waals surface area contributed by atoms with Gasteiger partial charge in [0.1, 0.15) is 11.2 Å². The molecule has 0 saturated heterocycles. The van der Waals surface area contributed by atoms with Crippen molar-refractivity contribution in [2.45, 2.75) is 20.8 Å². The molecule has 0 aliphatic carbocycles. The number of nitrogens with zero attached hydrogens (tertiary/aromatic N) is 4. The highest BCUT2D eigenvalue weighted by Crippen LogP contribution is 2.58. The maximum atomic E-state index is 10.3. The third kappa shape index (κ3) is 4.75. The van der Waals surface area contributed by atoms with E-state index >= 15 is 0 Å². The monoisotopic (exact) mass is 806 g/mol. The summed E-state index contributed by atoms with van der Waals surface area (Å²) in [6.07, 6.45) is 0. The van der Waals surface area contributed by atoms with Crippen LogP contribution in [0, 0.1) is 43.4 Å². The first-order valence-electron chi connectivity index (χ1n) is 21.1. The van der Waals surface area contributed by atoms with Crippen molar-refractivity contribution in [3.63, 3.8) is 0 Å². The summed E-state index contributed by atoms with van der Waals surface area (Å²) in [6, 6.07) is 57.1. The molecule has 1 aliphatic heterocycles. The van der Waals surface area contributed by atoms with E-state index in [1.54, 1.807) is 0 Å². The van der Waals surface area contributed by atoms with Gasteiger partial charge in [-0.25, -0.2) is 0 Å². The molecule has 3 heterocycles. The molecule has 63 heavy (non-hydrogen) atoms. The first-order valence-corrected chi connectivity index (χ1v) is 21.1. The van der Waals surface area contributed by atoms with Crippen LogP contribution < -0.4 is 9.80 Å². The van der Waals surface area contributed by atoms with Crippen molar-refractivity contribution in [3.05, 3.63) is 179 Å². The molecule has 6 heteroatoms. The summed E-state index contributed by atoms with van der Waals surface area (Å²) in [5, 5.41) is 31.3. The van der Waals surface area contributed by atoms with Crippen LogP contribution in [0.4, 0.5) is 34.1 Å². The van der Waals surface area contributed by atoms with Crippen LogP contribution in [0.3, 0.4) is 0 Å². The Hall–Kier alpha value is -8.58. The zero-order valence-corrected chi connectivity index (χ0v) is 34.5. The molecule has 0 fully saturated rings. The minimum Gasteiger partial charge on any atom is -0.454 e. The largest absolute Gasteiger partial charge is 0.454 e. The number of hydrogen-bond acceptors (Lipinski definition) is 6. The lowest BCUT2D eigenvalue weighted by atomic mass is 9.81. The lowest BCUT2D eigenvalue weighted by Crippen LogP contribution is -2.16. The van der Waals surface area contributed by atoms with Gasteiger partial charge in [-0.05, 0) is 139 Å². The predicted molar refractivity (Wildman–Crippen MR) is 257 cm³/mol. The van der Waals surface area contributed by atoms with E-state index in [1.807, 2.05) is 66.7 Å². The molecule has 12 aromatic rings. The zero-order valence-electron chi connectivity index (χ0n) is 34.5. The Bertz CT molecular complexity index is 4050. The fraction of sp³-hybridized carbons (Fsp3) is 0.0526. The SMILES string of the molecule is Cc1cc(N(c2ccc(C#N)cc2)c2cccc3c2oc2ccccc23)c2c(C)cc3c(C)cc4c5c(cc1c2c35)-c1cc(C#N)ccc1N4c1cccc2c1oc1ccccc12. The molecule has 10 aromatic carbocycles. The van der Waals surface area contributed by atoms with Crippen LogP contribution in [0.5, 0.6) is 0 Å². The summed E-state index contributed by atoms with van der Waals surface area (Å²) in [5.74, 6) is 0. The lowest BCUT2D eigenvalue weighted by Gasteiger charge is -2.36. The van der Waals surface area contributed by atoms with Crippen molar-refractivity contribution in [1.29, 1.82) is 10.5 Å². The second-order valence-electron chi connectivity index (χ2n) is 16.8. The highest BCUT2D eigenvalue weighted by atomic mass is 16.3. The second kappa shape index (κ2) is 12.7. The zero-order chi connectivity index (χ0) is 42.2. The molecule has 1 aliphatic rings. The molecule has 0 radical (unpaired) electrons. The highest BCUT2D eigenvalue weighted by molar-refractivity contribution is 6.34. The number of hydrogen-bond donors (Lipinski definition) is 0. The molecular formula is C57H34N4O2. The van der Waals surface area contributed by atoms with Crippen LogP contribution >= 0.6 is 0 Å². The van der Waals surface area contributed by atoms with E-state index in [9.17, 15) is 10.5 Å². The second-order valence-corrected chi connectivity index (χ2v) is 16.8. The fourth-order valence-electron chi connectivity index (χ4n) is 10.6. The van der Waals surface area contributed by atoms with E-state index in [0.29, 0.717) is 11.1 Å². The van der Waals surface area contributed by atoms with E-state index in [2.05, 4.69) is 128 Å². The van der Waals surface area contributed by atoms with Crippen LogP contribution in [0.2, 0.25) is 0 Å². The van der Waals surface area contributed by atoms with E-state index in [0.717, 1.165) is 116 Å². The summed E-state index contributed by atoms with van der Waals surface area (Å²) >= 11 is 0. The summed E-state index contributed by atoms with van der Waals surface area (Å²) in [6.45, 7) is 6.64. The number of rotatable bonds is 4. The Morgan fingerprint density at radius 2 is 1.05 bits per heavy atom. The smallest absolute Gasteiger partial charge is 0.159 e. The lowest BCUT2D eigenvalue weighted by molar-refractivity contribution is 0.668. The van der Waals surface area contributed by atoms with Gasteiger partial charge in [-0.15, -0.1) is 0 Å². The van der Waals surface area contributed by atoms with Crippen LogP contribution in [0.15, 0.2) is 160 Å². The summed E-state index contributed by atoms with van der Waals surface area (Å²) in [4.78, 5) is 4.65. The number of nitriles is 2. The Morgan fingerprint density at radius 3 is 1.79 bits per heavy atom. The number of para-hydroxylation sites is 4. The Kier molecular flexibility index (Phi) is 7.11. The summed E-state index contributed by atoms with van der Waals surface area (Å²) in [7, 11) is 0. The van der Waals surface area contributed by atoms with Gasteiger partial charge in [-0.3, -0.25) is 0 Å². The van der Waals surface area contributed by atoms with Crippen LogP contribution in [-0.4, -0.2) is 0 Å². The maximum absolute atomic E-state index is 10.3. The number of anilines is 6. The van der Waals surface area contributed by atoms with Gasteiger partial charge in [0.15, 0.2) is 11.2 Å². The Morgan fingerprint density at radius 1 is 0.429 bits per heavy atom. The van der Waals surface area contributed by atoms with Gasteiger partial charge in [0.2, 0.25) is 0 Å². The molecule has 2 aromatic heterocycles. The standard InChI is InChI=1S/C57H34N4O2/c1-31-26-49-53-44(43-27-35(30-59)20-23-45(43)61(49)47-15-9-13-40-38-11-5-7-17-51(38)63-57(40)47)28-42-32(2)25-48(52-33(3)24-41(31)55(53)54(42)52)60(36-21-18-34(29-58)19-22-36)46-14-8-12-39-37-10-4-6-16-50(37)62-56(39)46/h4-28H,1-3H3. The average molecular weight is 807 g/mol. The minimum atomic E-state index is 0.594. The Balaban J connectivity index is 1.17. The van der Waals surface area contributed by atoms with Crippen molar-refractivity contribution in [2.24, 2.45) is 0 Å². The van der Waals surface area contributed by atoms with Gasteiger partial charge in [0.25, 0.3) is 0 Å². The molecule has 0 amide bonds. The van der Waals surface area contributed by atoms with Crippen molar-refractivity contribution in [2.75, 3.05) is 9.80 Å². The molecule has 294 valence electrons. The average Bonchev–Trinajstić information content (AvgIpc) is 3.90. The molecule has 13 rings (SSSR count). The number of furan rings is 2. The van der Waals surface area contributed by atoms with Crippen molar-refractivity contribution >= 4 is 110 Å². The topological polar surface area (TPSA) is 80.3 Å². The molecular weight excluding hydrogens is 773 g/mol. The maximum Gasteiger partial charge on any atom is 0.159 e. The van der Waals surface area contributed by atoms with Gasteiger partial charge in [0, 0.05) is 54.3 Å². The van der Waals surface area contributed by atoms with Gasteiger partial charge in [0.05, 0.1) is 51.7 Å². The van der Waals surface area contributed by atoms with Gasteiger partial charge >= 0.3 is 0 Å². The van der Waals surface area contributed by atoms with E-state index < -0.39 is 0 Å². The van der Waals surface area contributed by atoms with Crippen LogP contribution in [0.1, 0.15) is 27.8 Å². The van der Waals surface area contributed by atoms with Crippen LogP contribution in [-0.2, 0) is 0 Å². The van der Waals surface area contributed by atoms with Gasteiger partial charge < -0.3 is 18.6 Å². The Labute approximate surface area is 361 Å². The number of fused-ring (bicyclic) bond motifs is 8. The first-order chi connectivity index (χ1) is 30.9. The fourth-order valence-corrected chi connectivity index (χ4v) is 10.6. The molecule has 0 unspecified atom stereocenters. The molecule has 0 atom stereocenters. The van der Waals surface area contributed by atoms with Gasteiger partial charge in [-0.2, -0.15) is 10.5 Å². The van der Waals surface area contributed by atoms with E-state index in [-0.39, 0.29) is 0 Å². The summed E-state index contributed by atoms with van der Waals surface area (Å²) < 4.78 is 13.5. The quantitative estimate of drug-likeness (QED) is 0.165. The molecule has 6 nitrogen and oxygen atoms in total. The first kappa shape index (κ1) is 35.2. The molecule has 0 bridgehead atoms. The van der Waals surface area contributed by atoms with Crippen LogP contribution in [0.25, 0.3) is 87.3 Å². The normalized spacial score (nSPS) is 12.3. The van der Waals surface area contributed by atoms with E-state index in [1.165, 1.54) is 21.7 Å². The number of benzene rings is 10. The number of aryl methyl sites for hydroxylation is 3. The molecule has 0 saturated carbocycles. The predicted octanol–water partition coefficient (Wildman–Crippen LogP) is 16.0. The third-order valence-electron chi connectivity index (χ3n) is 13.3. The highest BCUT2D eigenvalue weighted by Gasteiger charge is 2.33. The van der Waals surface area contributed by atoms with E-state index in [4.69, 9.17) is 8.83 Å². The minimum absolute atomic E-state index is 0.594. The molecule has 0 spiro atoms. The molecule has 0 N–H and O–H groups in total. The van der Waals surface area contributed by atoms with Crippen molar-refractivity contribution in [1.82, 2.24) is 0 Å². The summed E-state index contributed by atoms with van der Waals surface area (Å²) in [5.41, 5.74) is 15.8. The van der Waals surface area contributed by atoms with Gasteiger partial charge in [-0.1, -0.05) is 66.7 Å². The van der Waals surface area contributed by atoms with Crippen molar-refractivity contribution in [3.8, 4) is 23.3 Å².